The predicted octanol–water partition coefficient (Wildman–Crippen LogP) is 4.18. The number of benzene rings is 2. The number of imidazole rings is 1. The third-order valence-electron chi connectivity index (χ3n) is 4.02. The van der Waals surface area contributed by atoms with E-state index in [-0.39, 0.29) is 0 Å². The van der Waals surface area contributed by atoms with Crippen molar-refractivity contribution in [2.24, 2.45) is 0 Å². The molecular weight excluding hydrogens is 302 g/mol. The second-order valence-electron chi connectivity index (χ2n) is 5.25. The van der Waals surface area contributed by atoms with E-state index in [9.17, 15) is 0 Å². The van der Waals surface area contributed by atoms with Gasteiger partial charge >= 0.3 is 0 Å². The summed E-state index contributed by atoms with van der Waals surface area (Å²) in [5.74, 6) is 0. The van der Waals surface area contributed by atoms with Gasteiger partial charge in [-0.05, 0) is 11.1 Å². The van der Waals surface area contributed by atoms with Gasteiger partial charge in [-0.15, -0.1) is 11.3 Å². The summed E-state index contributed by atoms with van der Waals surface area (Å²) in [7, 11) is 0. The van der Waals surface area contributed by atoms with E-state index < -0.39 is 5.54 Å². The number of hydrogen-bond donors (Lipinski definition) is 0. The molecule has 0 saturated heterocycles. The Labute approximate surface area is 138 Å². The van der Waals surface area contributed by atoms with Crippen LogP contribution in [-0.4, -0.2) is 14.5 Å². The highest BCUT2D eigenvalue weighted by Crippen LogP contribution is 2.41. The molecule has 4 aromatic rings. The van der Waals surface area contributed by atoms with Crippen LogP contribution in [0.15, 0.2) is 91.0 Å². The summed E-state index contributed by atoms with van der Waals surface area (Å²) >= 11 is 1.66. The van der Waals surface area contributed by atoms with E-state index in [1.54, 1.807) is 11.3 Å². The molecule has 0 atom stereocenters. The zero-order valence-electron chi connectivity index (χ0n) is 12.4. The lowest BCUT2D eigenvalue weighted by atomic mass is 9.83. The minimum atomic E-state index is -0.507. The highest BCUT2D eigenvalue weighted by molar-refractivity contribution is 7.09. The normalized spacial score (nSPS) is 11.5. The van der Waals surface area contributed by atoms with Gasteiger partial charge in [0.05, 0.1) is 6.33 Å². The Balaban J connectivity index is 2.11. The Bertz CT molecular complexity index is 778. The summed E-state index contributed by atoms with van der Waals surface area (Å²) in [4.78, 5) is 8.96. The highest BCUT2D eigenvalue weighted by atomic mass is 32.1. The molecule has 0 saturated carbocycles. The minimum Gasteiger partial charge on any atom is -0.317 e. The summed E-state index contributed by atoms with van der Waals surface area (Å²) in [5.41, 5.74) is 1.83. The second kappa shape index (κ2) is 5.82. The maximum Gasteiger partial charge on any atom is 0.148 e. The fourth-order valence-corrected chi connectivity index (χ4v) is 3.92. The van der Waals surface area contributed by atoms with Crippen LogP contribution >= 0.6 is 11.3 Å². The second-order valence-corrected chi connectivity index (χ2v) is 6.14. The lowest BCUT2D eigenvalue weighted by Crippen LogP contribution is -2.36. The predicted molar refractivity (Wildman–Crippen MR) is 92.5 cm³/mol. The third kappa shape index (κ3) is 2.19. The zero-order valence-corrected chi connectivity index (χ0v) is 13.2. The Kier molecular flexibility index (Phi) is 3.52. The van der Waals surface area contributed by atoms with Crippen LogP contribution in [-0.2, 0) is 5.54 Å². The van der Waals surface area contributed by atoms with Crippen LogP contribution in [0.25, 0.3) is 0 Å². The van der Waals surface area contributed by atoms with Crippen molar-refractivity contribution >= 4 is 11.3 Å². The number of hydrogen-bond acceptors (Lipinski definition) is 3. The van der Waals surface area contributed by atoms with Gasteiger partial charge in [0.1, 0.15) is 10.5 Å². The molecule has 0 aliphatic carbocycles. The lowest BCUT2D eigenvalue weighted by molar-refractivity contribution is 0.511. The van der Waals surface area contributed by atoms with Gasteiger partial charge in [-0.2, -0.15) is 0 Å². The smallest absolute Gasteiger partial charge is 0.148 e. The van der Waals surface area contributed by atoms with E-state index >= 15 is 0 Å². The van der Waals surface area contributed by atoms with E-state index in [0.717, 1.165) is 5.01 Å². The molecule has 0 spiro atoms. The van der Waals surface area contributed by atoms with Gasteiger partial charge < -0.3 is 4.57 Å². The first kappa shape index (κ1) is 13.9. The molecular formula is C19H15N3S. The van der Waals surface area contributed by atoms with Gasteiger partial charge in [0.15, 0.2) is 0 Å². The molecule has 2 heterocycles. The van der Waals surface area contributed by atoms with Gasteiger partial charge in [-0.1, -0.05) is 60.7 Å². The molecule has 0 N–H and O–H groups in total. The fourth-order valence-electron chi connectivity index (χ4n) is 3.04. The average molecular weight is 317 g/mol. The Morgan fingerprint density at radius 3 is 1.96 bits per heavy atom. The SMILES string of the molecule is c1ccc(C(c2ccccc2)(c2nccs2)n2ccnc2)cc1. The van der Waals surface area contributed by atoms with Gasteiger partial charge in [0, 0.05) is 24.0 Å². The molecule has 2 aromatic carbocycles. The Morgan fingerprint density at radius 1 is 0.826 bits per heavy atom. The minimum absolute atomic E-state index is 0.507. The van der Waals surface area contributed by atoms with Crippen LogP contribution in [0, 0.1) is 0 Å². The molecule has 4 rings (SSSR count). The molecule has 2 aromatic heterocycles. The molecule has 0 unspecified atom stereocenters. The first-order valence-electron chi connectivity index (χ1n) is 7.42. The monoisotopic (exact) mass is 317 g/mol. The Hall–Kier alpha value is -2.72. The molecule has 0 aliphatic heterocycles. The van der Waals surface area contributed by atoms with Crippen molar-refractivity contribution in [3.8, 4) is 0 Å². The van der Waals surface area contributed by atoms with Crippen molar-refractivity contribution in [2.45, 2.75) is 5.54 Å². The fraction of sp³-hybridized carbons (Fsp3) is 0.0526. The van der Waals surface area contributed by atoms with E-state index in [1.807, 2.05) is 42.4 Å². The van der Waals surface area contributed by atoms with Crippen molar-refractivity contribution in [1.82, 2.24) is 14.5 Å². The average Bonchev–Trinajstić information content (AvgIpc) is 3.32. The van der Waals surface area contributed by atoms with E-state index in [1.165, 1.54) is 11.1 Å². The summed E-state index contributed by atoms with van der Waals surface area (Å²) in [6.07, 6.45) is 7.54. The van der Waals surface area contributed by atoms with Crippen LogP contribution < -0.4 is 0 Å². The van der Waals surface area contributed by atoms with Crippen molar-refractivity contribution in [1.29, 1.82) is 0 Å². The molecule has 112 valence electrons. The van der Waals surface area contributed by atoms with Crippen molar-refractivity contribution in [2.75, 3.05) is 0 Å². The van der Waals surface area contributed by atoms with Crippen LogP contribution in [0.4, 0.5) is 0 Å². The third-order valence-corrected chi connectivity index (χ3v) is 4.90. The zero-order chi connectivity index (χ0) is 15.5. The lowest BCUT2D eigenvalue weighted by Gasteiger charge is -2.34. The summed E-state index contributed by atoms with van der Waals surface area (Å²) in [6, 6.07) is 20.9. The van der Waals surface area contributed by atoms with Gasteiger partial charge in [0.2, 0.25) is 0 Å². The van der Waals surface area contributed by atoms with Crippen LogP contribution in [0.3, 0.4) is 0 Å². The largest absolute Gasteiger partial charge is 0.317 e. The molecule has 0 amide bonds. The highest BCUT2D eigenvalue weighted by Gasteiger charge is 2.40. The van der Waals surface area contributed by atoms with E-state index in [0.29, 0.717) is 0 Å². The summed E-state index contributed by atoms with van der Waals surface area (Å²) in [6.45, 7) is 0. The molecule has 3 nitrogen and oxygen atoms in total. The van der Waals surface area contributed by atoms with Crippen molar-refractivity contribution in [3.63, 3.8) is 0 Å². The van der Waals surface area contributed by atoms with E-state index in [4.69, 9.17) is 0 Å². The summed E-state index contributed by atoms with van der Waals surface area (Å²) in [5, 5.41) is 3.04. The summed E-state index contributed by atoms with van der Waals surface area (Å²) < 4.78 is 2.14. The molecule has 0 radical (unpaired) electrons. The number of nitrogens with zero attached hydrogens (tertiary/aromatic N) is 3. The van der Waals surface area contributed by atoms with Gasteiger partial charge in [0.25, 0.3) is 0 Å². The van der Waals surface area contributed by atoms with Crippen molar-refractivity contribution in [3.05, 3.63) is 107 Å². The molecule has 0 fully saturated rings. The first-order chi connectivity index (χ1) is 11.4. The Morgan fingerprint density at radius 2 is 1.48 bits per heavy atom. The first-order valence-corrected chi connectivity index (χ1v) is 8.30. The van der Waals surface area contributed by atoms with Crippen LogP contribution in [0.1, 0.15) is 16.1 Å². The van der Waals surface area contributed by atoms with Crippen LogP contribution in [0.5, 0.6) is 0 Å². The van der Waals surface area contributed by atoms with Crippen molar-refractivity contribution < 1.29 is 0 Å². The maximum absolute atomic E-state index is 4.67. The molecule has 4 heteroatoms. The number of thiazole rings is 1. The molecule has 23 heavy (non-hydrogen) atoms. The topological polar surface area (TPSA) is 30.7 Å². The quantitative estimate of drug-likeness (QED) is 0.565. The van der Waals surface area contributed by atoms with Crippen LogP contribution in [0.2, 0.25) is 0 Å². The number of rotatable bonds is 4. The standard InChI is InChI=1S/C19H15N3S/c1-3-7-16(8-4-1)19(18-21-12-14-23-18,22-13-11-20-15-22)17-9-5-2-6-10-17/h1-15H. The molecule has 0 bridgehead atoms. The van der Waals surface area contributed by atoms with Gasteiger partial charge in [-0.3, -0.25) is 0 Å². The maximum atomic E-state index is 4.67. The number of aromatic nitrogens is 3. The van der Waals surface area contributed by atoms with E-state index in [2.05, 4.69) is 63.1 Å². The van der Waals surface area contributed by atoms with Gasteiger partial charge in [-0.25, -0.2) is 9.97 Å². The molecule has 0 aliphatic rings.